The molecule has 0 aliphatic heterocycles. The summed E-state index contributed by atoms with van der Waals surface area (Å²) in [5, 5.41) is 10.4. The molecule has 0 aliphatic carbocycles. The van der Waals surface area contributed by atoms with Crippen molar-refractivity contribution in [3.05, 3.63) is 91.0 Å². The molecule has 1 aromatic heterocycles. The Morgan fingerprint density at radius 2 is 1.33 bits per heavy atom. The molecule has 5 heteroatoms. The minimum atomic E-state index is -1.03. The maximum Gasteiger partial charge on any atom is 0.319 e. The molecule has 0 amide bonds. The van der Waals surface area contributed by atoms with Crippen molar-refractivity contribution in [1.29, 1.82) is 0 Å². The average molecular weight is 415 g/mol. The monoisotopic (exact) mass is 414 g/mol. The van der Waals surface area contributed by atoms with Crippen LogP contribution in [0.1, 0.15) is 13.8 Å². The lowest BCUT2D eigenvalue weighted by atomic mass is 10.0. The molecular weight excluding hydrogens is 392 g/mol. The first kappa shape index (κ1) is 20.0. The van der Waals surface area contributed by atoms with E-state index in [2.05, 4.69) is 16.7 Å². The quantitative estimate of drug-likeness (QED) is 0.384. The van der Waals surface area contributed by atoms with Crippen LogP contribution in [0.15, 0.2) is 96.2 Å². The molecule has 0 atom stereocenters. The summed E-state index contributed by atoms with van der Waals surface area (Å²) in [6.45, 7) is 3.41. The zero-order valence-electron chi connectivity index (χ0n) is 16.8. The highest BCUT2D eigenvalue weighted by Gasteiger charge is 2.33. The first-order valence-electron chi connectivity index (χ1n) is 9.69. The normalized spacial score (nSPS) is 11.4. The number of hydrogen-bond donors (Lipinski definition) is 1. The van der Waals surface area contributed by atoms with E-state index in [0.29, 0.717) is 5.16 Å². The zero-order valence-corrected chi connectivity index (χ0v) is 17.6. The molecule has 1 heterocycles. The molecule has 0 spiro atoms. The number of aliphatic carboxylic acids is 1. The van der Waals surface area contributed by atoms with Crippen LogP contribution in [0.3, 0.4) is 0 Å². The van der Waals surface area contributed by atoms with E-state index in [1.165, 1.54) is 11.8 Å². The second-order valence-electron chi connectivity index (χ2n) is 7.41. The minimum Gasteiger partial charge on any atom is -0.480 e. The summed E-state index contributed by atoms with van der Waals surface area (Å²) in [6.07, 6.45) is 0. The summed E-state index contributed by atoms with van der Waals surface area (Å²) in [5.74, 6) is -0.877. The van der Waals surface area contributed by atoms with Crippen LogP contribution in [0.25, 0.3) is 28.2 Å². The maximum atomic E-state index is 11.8. The van der Waals surface area contributed by atoms with Gasteiger partial charge in [-0.2, -0.15) is 0 Å². The lowest BCUT2D eigenvalue weighted by Gasteiger charge is -2.19. The Bertz CT molecular complexity index is 1150. The van der Waals surface area contributed by atoms with Crippen LogP contribution in [0.2, 0.25) is 0 Å². The second-order valence-corrected chi connectivity index (χ2v) is 9.00. The average Bonchev–Trinajstić information content (AvgIpc) is 3.14. The van der Waals surface area contributed by atoms with Crippen LogP contribution in [-0.2, 0) is 4.79 Å². The molecule has 0 saturated heterocycles. The summed E-state index contributed by atoms with van der Waals surface area (Å²) in [7, 11) is 0. The number of para-hydroxylation sites is 1. The van der Waals surface area contributed by atoms with Gasteiger partial charge in [0.1, 0.15) is 4.75 Å². The Balaban J connectivity index is 2.04. The van der Waals surface area contributed by atoms with Crippen LogP contribution in [-0.4, -0.2) is 25.4 Å². The van der Waals surface area contributed by atoms with E-state index in [0.717, 1.165) is 28.2 Å². The van der Waals surface area contributed by atoms with Crippen molar-refractivity contribution in [2.45, 2.75) is 23.8 Å². The predicted octanol–water partition coefficient (Wildman–Crippen LogP) is 6.16. The van der Waals surface area contributed by atoms with Crippen molar-refractivity contribution in [2.75, 3.05) is 0 Å². The van der Waals surface area contributed by atoms with Gasteiger partial charge < -0.3 is 5.11 Å². The molecule has 0 radical (unpaired) electrons. The van der Waals surface area contributed by atoms with E-state index >= 15 is 0 Å². The van der Waals surface area contributed by atoms with Gasteiger partial charge in [-0.25, -0.2) is 4.98 Å². The Morgan fingerprint density at radius 1 is 0.833 bits per heavy atom. The van der Waals surface area contributed by atoms with Gasteiger partial charge in [-0.1, -0.05) is 90.6 Å². The summed E-state index contributed by atoms with van der Waals surface area (Å²) < 4.78 is 1.03. The molecule has 3 aromatic carbocycles. The lowest BCUT2D eigenvalue weighted by molar-refractivity contribution is -0.138. The predicted molar refractivity (Wildman–Crippen MR) is 122 cm³/mol. The SMILES string of the molecule is CC(C)(Sc1nc(-c2ccccc2)c(-c2ccccc2)n1-c1ccccc1)C(=O)O. The molecular formula is C25H22N2O2S. The van der Waals surface area contributed by atoms with E-state index < -0.39 is 10.7 Å². The van der Waals surface area contributed by atoms with Gasteiger partial charge in [-0.3, -0.25) is 9.36 Å². The highest BCUT2D eigenvalue weighted by atomic mass is 32.2. The molecule has 150 valence electrons. The Labute approximate surface area is 180 Å². The van der Waals surface area contributed by atoms with Crippen LogP contribution in [0.4, 0.5) is 0 Å². The molecule has 0 fully saturated rings. The molecule has 4 nitrogen and oxygen atoms in total. The summed E-state index contributed by atoms with van der Waals surface area (Å²) in [6, 6.07) is 30.0. The number of carboxylic acids is 1. The Hall–Kier alpha value is -3.31. The number of thioether (sulfide) groups is 1. The minimum absolute atomic E-state index is 0.645. The third kappa shape index (κ3) is 3.89. The molecule has 0 unspecified atom stereocenters. The number of hydrogen-bond acceptors (Lipinski definition) is 3. The molecule has 0 saturated carbocycles. The van der Waals surface area contributed by atoms with Crippen molar-refractivity contribution in [3.63, 3.8) is 0 Å². The van der Waals surface area contributed by atoms with Crippen LogP contribution in [0.5, 0.6) is 0 Å². The molecule has 30 heavy (non-hydrogen) atoms. The topological polar surface area (TPSA) is 55.1 Å². The van der Waals surface area contributed by atoms with E-state index in [1.807, 2.05) is 78.9 Å². The van der Waals surface area contributed by atoms with Crippen molar-refractivity contribution in [3.8, 4) is 28.2 Å². The first-order valence-corrected chi connectivity index (χ1v) is 10.5. The number of carbonyl (C=O) groups is 1. The van der Waals surface area contributed by atoms with Gasteiger partial charge >= 0.3 is 5.97 Å². The lowest BCUT2D eigenvalue weighted by Crippen LogP contribution is -2.27. The van der Waals surface area contributed by atoms with Crippen LogP contribution >= 0.6 is 11.8 Å². The third-order valence-electron chi connectivity index (χ3n) is 4.82. The zero-order chi connectivity index (χ0) is 21.1. The third-order valence-corrected chi connectivity index (χ3v) is 5.96. The molecule has 1 N–H and O–H groups in total. The highest BCUT2D eigenvalue weighted by Crippen LogP contribution is 2.41. The molecule has 4 rings (SSSR count). The van der Waals surface area contributed by atoms with Crippen molar-refractivity contribution < 1.29 is 9.90 Å². The Kier molecular flexibility index (Phi) is 5.46. The van der Waals surface area contributed by atoms with Gasteiger partial charge in [-0.05, 0) is 26.0 Å². The molecule has 0 bridgehead atoms. The number of imidazole rings is 1. The molecule has 4 aromatic rings. The summed E-state index contributed by atoms with van der Waals surface area (Å²) in [4.78, 5) is 16.8. The standard InChI is InChI=1S/C25H22N2O2S/c1-25(2,23(28)29)30-24-26-21(18-12-6-3-7-13-18)22(19-14-8-4-9-15-19)27(24)20-16-10-5-11-17-20/h3-17H,1-2H3,(H,28,29). The fourth-order valence-corrected chi connectivity index (χ4v) is 4.18. The highest BCUT2D eigenvalue weighted by molar-refractivity contribution is 8.01. The Morgan fingerprint density at radius 3 is 1.87 bits per heavy atom. The number of aromatic nitrogens is 2. The van der Waals surface area contributed by atoms with Gasteiger partial charge in [0, 0.05) is 16.8 Å². The number of rotatable bonds is 6. The van der Waals surface area contributed by atoms with Crippen molar-refractivity contribution >= 4 is 17.7 Å². The van der Waals surface area contributed by atoms with Crippen molar-refractivity contribution in [2.24, 2.45) is 0 Å². The van der Waals surface area contributed by atoms with Gasteiger partial charge in [0.2, 0.25) is 0 Å². The second kappa shape index (κ2) is 8.20. The fourth-order valence-electron chi connectivity index (χ4n) is 3.22. The smallest absolute Gasteiger partial charge is 0.319 e. The van der Waals surface area contributed by atoms with Gasteiger partial charge in [0.25, 0.3) is 0 Å². The van der Waals surface area contributed by atoms with Gasteiger partial charge in [-0.15, -0.1) is 0 Å². The summed E-state index contributed by atoms with van der Waals surface area (Å²) >= 11 is 1.25. The van der Waals surface area contributed by atoms with E-state index in [9.17, 15) is 9.90 Å². The van der Waals surface area contributed by atoms with Crippen LogP contribution in [0, 0.1) is 0 Å². The van der Waals surface area contributed by atoms with E-state index in [1.54, 1.807) is 13.8 Å². The van der Waals surface area contributed by atoms with Crippen molar-refractivity contribution in [1.82, 2.24) is 9.55 Å². The summed E-state index contributed by atoms with van der Waals surface area (Å²) in [5.41, 5.74) is 4.72. The van der Waals surface area contributed by atoms with E-state index in [-0.39, 0.29) is 0 Å². The number of nitrogens with zero attached hydrogens (tertiary/aromatic N) is 2. The fraction of sp³-hybridized carbons (Fsp3) is 0.120. The number of benzene rings is 3. The van der Waals surface area contributed by atoms with E-state index in [4.69, 9.17) is 4.98 Å². The number of carboxylic acid groups (broad SMARTS) is 1. The maximum absolute atomic E-state index is 11.8. The first-order chi connectivity index (χ1) is 14.5. The van der Waals surface area contributed by atoms with Crippen LogP contribution < -0.4 is 0 Å². The molecule has 0 aliphatic rings. The van der Waals surface area contributed by atoms with Gasteiger partial charge in [0.15, 0.2) is 5.16 Å². The largest absolute Gasteiger partial charge is 0.480 e. The van der Waals surface area contributed by atoms with Gasteiger partial charge in [0.05, 0.1) is 11.4 Å².